The van der Waals surface area contributed by atoms with Crippen LogP contribution in [0.2, 0.25) is 0 Å². The van der Waals surface area contributed by atoms with E-state index in [2.05, 4.69) is 62.0 Å². The number of aromatic nitrogens is 3. The van der Waals surface area contributed by atoms with Crippen LogP contribution in [0.5, 0.6) is 0 Å². The van der Waals surface area contributed by atoms with E-state index < -0.39 is 108 Å². The van der Waals surface area contributed by atoms with Crippen molar-refractivity contribution in [3.63, 3.8) is 0 Å². The van der Waals surface area contributed by atoms with Crippen LogP contribution in [0.1, 0.15) is 101 Å². The minimum Gasteiger partial charge on any atom is -0.394 e. The number of aromatic amines is 1. The number of anilines is 1. The van der Waals surface area contributed by atoms with E-state index in [-0.39, 0.29) is 61.0 Å². The van der Waals surface area contributed by atoms with E-state index >= 15 is 0 Å². The van der Waals surface area contributed by atoms with Gasteiger partial charge in [-0.1, -0.05) is 113 Å². The number of fused-ring (bicyclic) bond motifs is 1. The highest BCUT2D eigenvalue weighted by Crippen LogP contribution is 2.47. The summed E-state index contributed by atoms with van der Waals surface area (Å²) in [6.45, 7) is 7.72. The van der Waals surface area contributed by atoms with Crippen LogP contribution in [0, 0.1) is 5.41 Å². The van der Waals surface area contributed by atoms with Crippen molar-refractivity contribution < 1.29 is 58.5 Å². The summed E-state index contributed by atoms with van der Waals surface area (Å²) < 4.78 is 0. The molecule has 0 radical (unpaired) electrons. The number of rotatable bonds is 23. The van der Waals surface area contributed by atoms with Gasteiger partial charge in [-0.05, 0) is 113 Å². The number of hydrogen-bond acceptors (Lipinski definition) is 20. The Morgan fingerprint density at radius 3 is 1.92 bits per heavy atom. The first kappa shape index (κ1) is 76.7. The first-order valence-electron chi connectivity index (χ1n) is 34.2. The van der Waals surface area contributed by atoms with Crippen molar-refractivity contribution in [3.05, 3.63) is 126 Å². The molecule has 3 saturated heterocycles. The van der Waals surface area contributed by atoms with Gasteiger partial charge in [-0.2, -0.15) is 0 Å². The number of aliphatic hydroxyl groups excluding tert-OH is 3. The standard InChI is InChI=1S/C49H66N10O10S2.C21H31N5O2/c1-28(61)39(25-60)56-48(68)41-27-71-70-26-40(57-43(63)34(51)21-30-13-5-3-6-14-30)47(67)54-37(22-31-15-7-4-8-16-31)45(65)55-38(23-32-24-52-35-18-10-9-17-33(32)35)46(66)53-36(19-11-12-20-50)44(64)59-42(29(2)62)49(69)58-41;27-18-16-21(6-1-2-7-21)17-19(28)26(18)11-4-3-10-24-12-14-25(15-13-24)20-22-8-5-9-23-20/h3-10,13-18,24,28-29,34,36-42,52,60-62H,11-12,19-23,25-27,50-51H2,1-2H3,(H,53,66)(H,54,67)(H,55,65)(H,56,68)(H,57,63)(H,58,69)(H,59,64);5,8-9H,1-4,6-7,10-17H2/t28-,29?,34-,36+,37+,38-,39-,40+,41+,42+;/m1./s1. The zero-order valence-corrected chi connectivity index (χ0v) is 58.0. The summed E-state index contributed by atoms with van der Waals surface area (Å²) in [6, 6.07) is 16.4. The van der Waals surface area contributed by atoms with E-state index in [4.69, 9.17) is 11.5 Å². The van der Waals surface area contributed by atoms with E-state index in [0.717, 1.165) is 102 Å². The monoisotopic (exact) mass is 1400 g/mol. The largest absolute Gasteiger partial charge is 0.394 e. The second-order valence-electron chi connectivity index (χ2n) is 26.1. The Hall–Kier alpha value is -8.03. The predicted octanol–water partition coefficient (Wildman–Crippen LogP) is 1.28. The lowest BCUT2D eigenvalue weighted by atomic mass is 9.76. The summed E-state index contributed by atoms with van der Waals surface area (Å²) in [6.07, 6.45) is 10.9. The second kappa shape index (κ2) is 38.5. The predicted molar refractivity (Wildman–Crippen MR) is 379 cm³/mol. The summed E-state index contributed by atoms with van der Waals surface area (Å²) in [5.74, 6) is -5.07. The maximum absolute atomic E-state index is 14.7. The van der Waals surface area contributed by atoms with Crippen LogP contribution in [-0.4, -0.2) is 218 Å². The van der Waals surface area contributed by atoms with E-state index in [1.807, 2.05) is 36.4 Å². The smallest absolute Gasteiger partial charge is 0.245 e. The third-order valence-electron chi connectivity index (χ3n) is 18.5. The Morgan fingerprint density at radius 1 is 0.677 bits per heavy atom. The highest BCUT2D eigenvalue weighted by atomic mass is 33.1. The van der Waals surface area contributed by atoms with Crippen molar-refractivity contribution in [1.29, 1.82) is 0 Å². The summed E-state index contributed by atoms with van der Waals surface area (Å²) in [5.41, 5.74) is 15.0. The fourth-order valence-corrected chi connectivity index (χ4v) is 15.0. The molecule has 5 heterocycles. The van der Waals surface area contributed by atoms with Gasteiger partial charge in [0.25, 0.3) is 0 Å². The number of piperidine rings is 1. The number of nitrogens with two attached hydrogens (primary N) is 2. The number of carbonyl (C=O) groups is 9. The number of para-hydroxylation sites is 1. The van der Waals surface area contributed by atoms with Crippen molar-refractivity contribution in [1.82, 2.24) is 62.0 Å². The van der Waals surface area contributed by atoms with Gasteiger partial charge in [0.2, 0.25) is 59.1 Å². The first-order chi connectivity index (χ1) is 47.7. The molecule has 27 nitrogen and oxygen atoms in total. The van der Waals surface area contributed by atoms with Crippen LogP contribution in [0.25, 0.3) is 10.9 Å². The normalized spacial score (nSPS) is 22.9. The number of benzene rings is 3. The molecule has 1 spiro atoms. The third kappa shape index (κ3) is 23.0. The number of likely N-dealkylation sites (tertiary alicyclic amines) is 1. The van der Waals surface area contributed by atoms with E-state index in [1.54, 1.807) is 73.2 Å². The fourth-order valence-electron chi connectivity index (χ4n) is 12.7. The highest BCUT2D eigenvalue weighted by Gasteiger charge is 2.45. The van der Waals surface area contributed by atoms with Gasteiger partial charge >= 0.3 is 0 Å². The van der Waals surface area contributed by atoms with E-state index in [9.17, 15) is 58.5 Å². The molecule has 9 amide bonds. The number of unbranched alkanes of at least 4 members (excludes halogenated alkanes) is 2. The zero-order valence-electron chi connectivity index (χ0n) is 56.4. The second-order valence-corrected chi connectivity index (χ2v) is 28.6. The molecule has 3 aliphatic heterocycles. The summed E-state index contributed by atoms with van der Waals surface area (Å²) in [7, 11) is 2.06. The summed E-state index contributed by atoms with van der Waals surface area (Å²) >= 11 is 0. The quantitative estimate of drug-likeness (QED) is 0.0249. The third-order valence-corrected chi connectivity index (χ3v) is 20.9. The molecule has 3 aromatic carbocycles. The van der Waals surface area contributed by atoms with Crippen LogP contribution in [0.15, 0.2) is 110 Å². The zero-order chi connectivity index (χ0) is 70.8. The van der Waals surface area contributed by atoms with Gasteiger partial charge < -0.3 is 73.9 Å². The Bertz CT molecular complexity index is 3430. The summed E-state index contributed by atoms with van der Waals surface area (Å²) in [4.78, 5) is 143. The topological polar surface area (TPSA) is 402 Å². The highest BCUT2D eigenvalue weighted by molar-refractivity contribution is 8.76. The van der Waals surface area contributed by atoms with Crippen LogP contribution < -0.4 is 53.6 Å². The van der Waals surface area contributed by atoms with Crippen LogP contribution >= 0.6 is 21.6 Å². The molecule has 1 aliphatic carbocycles. The van der Waals surface area contributed by atoms with Gasteiger partial charge in [-0.3, -0.25) is 53.0 Å². The fraction of sp³-hybridized carbons (Fsp3) is 0.529. The molecule has 9 rings (SSSR count). The van der Waals surface area contributed by atoms with Gasteiger partial charge in [0.1, 0.15) is 36.3 Å². The number of nitrogens with one attached hydrogen (secondary N) is 8. The average molecular weight is 1400 g/mol. The Kier molecular flexibility index (Phi) is 29.9. The molecule has 4 fully saturated rings. The van der Waals surface area contributed by atoms with Crippen molar-refractivity contribution in [2.45, 2.75) is 164 Å². The van der Waals surface area contributed by atoms with E-state index in [1.165, 1.54) is 31.6 Å². The minimum absolute atomic E-state index is 0.00676. The van der Waals surface area contributed by atoms with Gasteiger partial charge in [0.15, 0.2) is 0 Å². The molecule has 10 atom stereocenters. The molecule has 15 N–H and O–H groups in total. The number of hydrogen-bond donors (Lipinski definition) is 13. The number of amides is 9. The van der Waals surface area contributed by atoms with E-state index in [0.29, 0.717) is 43.4 Å². The van der Waals surface area contributed by atoms with Gasteiger partial charge in [0, 0.05) is 99.4 Å². The van der Waals surface area contributed by atoms with Crippen LogP contribution in [-0.2, 0) is 62.4 Å². The number of aliphatic hydroxyl groups is 3. The molecular weight excluding hydrogens is 1310 g/mol. The first-order valence-corrected chi connectivity index (χ1v) is 36.7. The maximum atomic E-state index is 14.7. The molecule has 99 heavy (non-hydrogen) atoms. The van der Waals surface area contributed by atoms with Crippen LogP contribution in [0.3, 0.4) is 0 Å². The molecule has 1 unspecified atom stereocenters. The number of carbonyl (C=O) groups excluding carboxylic acids is 9. The number of imide groups is 1. The summed E-state index contributed by atoms with van der Waals surface area (Å²) in [5, 5.41) is 50.5. The lowest BCUT2D eigenvalue weighted by Crippen LogP contribution is -2.62. The van der Waals surface area contributed by atoms with Crippen molar-refractivity contribution in [3.8, 4) is 0 Å². The van der Waals surface area contributed by atoms with Gasteiger partial charge in [-0.25, -0.2) is 9.97 Å². The average Bonchev–Trinajstić information content (AvgIpc) is 1.76. The Balaban J connectivity index is 0.000000367. The molecule has 2 aromatic heterocycles. The number of piperazine rings is 1. The SMILES string of the molecule is CC(O)[C@@H]1NC(=O)[C@H](CCCCN)NC(=O)[C@@H](Cc2c[nH]c3ccccc23)NC(=O)[C@H](Cc2ccccc2)NC(=O)[C@@H](NC(=O)[C@H](N)Cc2ccccc2)CSSC[C@@H](C(=O)N[C@H](CO)[C@@H](C)O)NC1=O.O=C1CC2(CCCC2)CC(=O)N1CCCCN1CCN(c2ncccn2)CC1. The molecular formula is C70H97N15O12S2. The van der Waals surface area contributed by atoms with Crippen LogP contribution in [0.4, 0.5) is 5.95 Å². The lowest BCUT2D eigenvalue weighted by molar-refractivity contribution is -0.153. The van der Waals surface area contributed by atoms with Gasteiger partial charge in [-0.15, -0.1) is 0 Å². The molecule has 29 heteroatoms. The van der Waals surface area contributed by atoms with Crippen molar-refractivity contribution in [2.75, 3.05) is 68.8 Å². The Morgan fingerprint density at radius 2 is 1.27 bits per heavy atom. The van der Waals surface area contributed by atoms with Gasteiger partial charge in [0.05, 0.1) is 30.9 Å². The lowest BCUT2D eigenvalue weighted by Gasteiger charge is -2.37. The van der Waals surface area contributed by atoms with Crippen molar-refractivity contribution >= 4 is 91.6 Å². The molecule has 4 aliphatic rings. The van der Waals surface area contributed by atoms with Crippen molar-refractivity contribution in [2.24, 2.45) is 16.9 Å². The molecule has 0 bridgehead atoms. The maximum Gasteiger partial charge on any atom is 0.245 e. The number of H-pyrrole nitrogens is 1. The Labute approximate surface area is 585 Å². The minimum atomic E-state index is -1.66. The number of nitrogens with zero attached hydrogens (tertiary/aromatic N) is 5. The molecule has 536 valence electrons. The molecule has 1 saturated carbocycles. The molecule has 5 aromatic rings.